The summed E-state index contributed by atoms with van der Waals surface area (Å²) in [6.07, 6.45) is 0. The van der Waals surface area contributed by atoms with Crippen LogP contribution in [-0.2, 0) is 14.4 Å². The van der Waals surface area contributed by atoms with E-state index in [1.54, 1.807) is 45.0 Å². The molecule has 0 aliphatic carbocycles. The second kappa shape index (κ2) is 11.0. The second-order valence-electron chi connectivity index (χ2n) is 6.98. The van der Waals surface area contributed by atoms with E-state index in [-0.39, 0.29) is 10.2 Å². The van der Waals surface area contributed by atoms with E-state index in [0.717, 1.165) is 44.5 Å². The van der Waals surface area contributed by atoms with Crippen molar-refractivity contribution in [1.82, 2.24) is 0 Å². The van der Waals surface area contributed by atoms with E-state index in [9.17, 15) is 14.4 Å². The number of thioether (sulfide) groups is 2. The Morgan fingerprint density at radius 3 is 1.55 bits per heavy atom. The van der Waals surface area contributed by atoms with Gasteiger partial charge in [0.2, 0.25) is 10.2 Å². The molecular formula is C25H24O4S2. The fourth-order valence-electron chi connectivity index (χ4n) is 2.29. The molecule has 0 amide bonds. The van der Waals surface area contributed by atoms with Crippen molar-refractivity contribution in [2.45, 2.75) is 37.5 Å². The molecule has 6 heteroatoms. The van der Waals surface area contributed by atoms with Crippen LogP contribution >= 0.6 is 23.5 Å². The molecule has 160 valence electrons. The fourth-order valence-corrected chi connectivity index (χ4v) is 3.61. The first-order chi connectivity index (χ1) is 14.6. The van der Waals surface area contributed by atoms with Gasteiger partial charge in [-0.3, -0.25) is 9.59 Å². The zero-order valence-corrected chi connectivity index (χ0v) is 19.6. The van der Waals surface area contributed by atoms with Crippen LogP contribution in [0.4, 0.5) is 0 Å². The Labute approximate surface area is 191 Å². The number of carbonyl (C=O) groups excluding carboxylic acids is 3. The minimum absolute atomic E-state index is 0.0758. The predicted molar refractivity (Wildman–Crippen MR) is 128 cm³/mol. The minimum atomic E-state index is -0.452. The molecule has 0 atom stereocenters. The highest BCUT2D eigenvalue weighted by Gasteiger charge is 2.13. The summed E-state index contributed by atoms with van der Waals surface area (Å²) in [6.45, 7) is 14.2. The van der Waals surface area contributed by atoms with E-state index in [1.165, 1.54) is 0 Å². The van der Waals surface area contributed by atoms with Gasteiger partial charge in [-0.2, -0.15) is 0 Å². The summed E-state index contributed by atoms with van der Waals surface area (Å²) in [7, 11) is 0. The number of esters is 1. The van der Waals surface area contributed by atoms with Crippen molar-refractivity contribution in [3.63, 3.8) is 0 Å². The van der Waals surface area contributed by atoms with Crippen LogP contribution in [-0.4, -0.2) is 16.2 Å². The van der Waals surface area contributed by atoms with Gasteiger partial charge in [-0.1, -0.05) is 25.3 Å². The first-order valence-corrected chi connectivity index (χ1v) is 11.1. The predicted octanol–water partition coefficient (Wildman–Crippen LogP) is 6.48. The number of benzene rings is 2. The molecule has 0 radical (unpaired) electrons. The first-order valence-electron chi connectivity index (χ1n) is 9.44. The van der Waals surface area contributed by atoms with Crippen LogP contribution in [0.25, 0.3) is 5.57 Å². The molecule has 0 aliphatic heterocycles. The van der Waals surface area contributed by atoms with Crippen LogP contribution in [0, 0.1) is 0 Å². The van der Waals surface area contributed by atoms with Crippen LogP contribution in [0.15, 0.2) is 88.2 Å². The van der Waals surface area contributed by atoms with Gasteiger partial charge in [-0.05, 0) is 110 Å². The molecule has 0 heterocycles. The van der Waals surface area contributed by atoms with Crippen molar-refractivity contribution in [2.24, 2.45) is 0 Å². The molecule has 2 aromatic rings. The molecule has 2 rings (SSSR count). The Morgan fingerprint density at radius 1 is 0.710 bits per heavy atom. The van der Waals surface area contributed by atoms with Gasteiger partial charge in [-0.25, -0.2) is 4.79 Å². The summed E-state index contributed by atoms with van der Waals surface area (Å²) in [5.41, 5.74) is 3.11. The molecule has 31 heavy (non-hydrogen) atoms. The van der Waals surface area contributed by atoms with Gasteiger partial charge >= 0.3 is 5.97 Å². The normalized spacial score (nSPS) is 11.4. The van der Waals surface area contributed by atoms with E-state index in [1.807, 2.05) is 31.2 Å². The Morgan fingerprint density at radius 2 is 1.13 bits per heavy atom. The molecule has 4 nitrogen and oxygen atoms in total. The number of ether oxygens (including phenoxy) is 1. The fraction of sp³-hybridized carbons (Fsp3) is 0.160. The lowest BCUT2D eigenvalue weighted by Gasteiger charge is -2.10. The molecule has 0 saturated heterocycles. The third-order valence-corrected chi connectivity index (χ3v) is 6.39. The van der Waals surface area contributed by atoms with Gasteiger partial charge < -0.3 is 4.74 Å². The zero-order valence-electron chi connectivity index (χ0n) is 18.0. The standard InChI is InChI=1S/C25H24O4S2/c1-15(2)24(27)30-21-11-7-19(8-12-21)17(5)18(6)23(26)29-20-9-13-22(14-10-20)31-25(28)16(3)4/h7-14H,1,3H2,2,4-6H3/b18-17+. The summed E-state index contributed by atoms with van der Waals surface area (Å²) >= 11 is 2.20. The van der Waals surface area contributed by atoms with Crippen molar-refractivity contribution in [1.29, 1.82) is 0 Å². The molecule has 0 aromatic heterocycles. The topological polar surface area (TPSA) is 60.4 Å². The number of hydrogen-bond donors (Lipinski definition) is 0. The van der Waals surface area contributed by atoms with Crippen molar-refractivity contribution in [3.05, 3.63) is 84.0 Å². The summed E-state index contributed by atoms with van der Waals surface area (Å²) < 4.78 is 5.46. The van der Waals surface area contributed by atoms with Crippen LogP contribution < -0.4 is 4.74 Å². The SMILES string of the molecule is C=C(C)C(=O)Sc1ccc(OC(=O)/C(C)=C(\C)c2ccc(SC(=O)C(=C)C)cc2)cc1. The smallest absolute Gasteiger partial charge is 0.339 e. The van der Waals surface area contributed by atoms with E-state index in [0.29, 0.717) is 22.5 Å². The van der Waals surface area contributed by atoms with Gasteiger partial charge in [0, 0.05) is 15.4 Å². The summed E-state index contributed by atoms with van der Waals surface area (Å²) in [5, 5.41) is -0.180. The third-order valence-electron chi connectivity index (χ3n) is 4.31. The highest BCUT2D eigenvalue weighted by atomic mass is 32.2. The minimum Gasteiger partial charge on any atom is -0.423 e. The maximum atomic E-state index is 12.6. The maximum absolute atomic E-state index is 12.6. The monoisotopic (exact) mass is 452 g/mol. The number of hydrogen-bond acceptors (Lipinski definition) is 6. The average molecular weight is 453 g/mol. The quantitative estimate of drug-likeness (QED) is 0.207. The summed E-state index contributed by atoms with van der Waals surface area (Å²) in [6, 6.07) is 14.2. The zero-order chi connectivity index (χ0) is 23.1. The number of carbonyl (C=O) groups is 3. The van der Waals surface area contributed by atoms with Gasteiger partial charge in [-0.15, -0.1) is 0 Å². The Kier molecular flexibility index (Phi) is 8.65. The Bertz CT molecular complexity index is 1060. The molecule has 0 fully saturated rings. The summed E-state index contributed by atoms with van der Waals surface area (Å²) in [4.78, 5) is 37.6. The third kappa shape index (κ3) is 7.12. The largest absolute Gasteiger partial charge is 0.423 e. The molecule has 0 bridgehead atoms. The van der Waals surface area contributed by atoms with Crippen LogP contribution in [0.3, 0.4) is 0 Å². The van der Waals surface area contributed by atoms with E-state index in [4.69, 9.17) is 4.74 Å². The van der Waals surface area contributed by atoms with Crippen molar-refractivity contribution in [3.8, 4) is 5.75 Å². The van der Waals surface area contributed by atoms with E-state index < -0.39 is 5.97 Å². The van der Waals surface area contributed by atoms with Crippen molar-refractivity contribution >= 4 is 45.3 Å². The summed E-state index contributed by atoms with van der Waals surface area (Å²) in [5.74, 6) is -0.0545. The number of rotatable bonds is 7. The van der Waals surface area contributed by atoms with E-state index >= 15 is 0 Å². The van der Waals surface area contributed by atoms with Gasteiger partial charge in [0.15, 0.2) is 0 Å². The Balaban J connectivity index is 2.07. The average Bonchev–Trinajstić information content (AvgIpc) is 2.74. The van der Waals surface area contributed by atoms with E-state index in [2.05, 4.69) is 13.2 Å². The second-order valence-corrected chi connectivity index (χ2v) is 9.07. The molecule has 0 aliphatic rings. The molecular weight excluding hydrogens is 428 g/mol. The lowest BCUT2D eigenvalue weighted by atomic mass is 10.0. The van der Waals surface area contributed by atoms with Crippen LogP contribution in [0.2, 0.25) is 0 Å². The lowest BCUT2D eigenvalue weighted by Crippen LogP contribution is -2.10. The lowest BCUT2D eigenvalue weighted by molar-refractivity contribution is -0.130. The Hall–Kier alpha value is -2.83. The molecule has 2 aromatic carbocycles. The highest BCUT2D eigenvalue weighted by molar-refractivity contribution is 8.14. The van der Waals surface area contributed by atoms with Gasteiger partial charge in [0.25, 0.3) is 0 Å². The van der Waals surface area contributed by atoms with Gasteiger partial charge in [0.05, 0.1) is 0 Å². The molecule has 0 saturated carbocycles. The molecule has 0 unspecified atom stereocenters. The molecule has 0 spiro atoms. The highest BCUT2D eigenvalue weighted by Crippen LogP contribution is 2.27. The first kappa shape index (κ1) is 24.4. The van der Waals surface area contributed by atoms with Crippen LogP contribution in [0.1, 0.15) is 33.3 Å². The van der Waals surface area contributed by atoms with Crippen molar-refractivity contribution in [2.75, 3.05) is 0 Å². The van der Waals surface area contributed by atoms with Crippen LogP contribution in [0.5, 0.6) is 5.75 Å². The van der Waals surface area contributed by atoms with Gasteiger partial charge in [0.1, 0.15) is 5.75 Å². The number of allylic oxidation sites excluding steroid dienone is 1. The molecule has 0 N–H and O–H groups in total. The van der Waals surface area contributed by atoms with Crippen molar-refractivity contribution < 1.29 is 19.1 Å². The maximum Gasteiger partial charge on any atom is 0.339 e.